The molecule has 1 aromatic heterocycles. The van der Waals surface area contributed by atoms with Gasteiger partial charge < -0.3 is 10.2 Å². The SMILES string of the molecule is CNCCN(C)C(=O)c1sccc1C1CC1. The first-order chi connectivity index (χ1) is 7.74. The Balaban J connectivity index is 2.04. The maximum Gasteiger partial charge on any atom is 0.263 e. The number of nitrogens with zero attached hydrogens (tertiary/aromatic N) is 1. The fourth-order valence-corrected chi connectivity index (χ4v) is 2.74. The van der Waals surface area contributed by atoms with E-state index in [0.717, 1.165) is 18.0 Å². The van der Waals surface area contributed by atoms with Gasteiger partial charge >= 0.3 is 0 Å². The number of rotatable bonds is 5. The molecule has 1 amide bonds. The molecule has 88 valence electrons. The molecule has 2 rings (SSSR count). The van der Waals surface area contributed by atoms with Gasteiger partial charge in [0.05, 0.1) is 4.88 Å². The lowest BCUT2D eigenvalue weighted by Gasteiger charge is -2.16. The molecule has 0 atom stereocenters. The highest BCUT2D eigenvalue weighted by Gasteiger charge is 2.29. The third-order valence-corrected chi connectivity index (χ3v) is 3.87. The Morgan fingerprint density at radius 2 is 2.38 bits per heavy atom. The van der Waals surface area contributed by atoms with Gasteiger partial charge in [-0.2, -0.15) is 0 Å². The van der Waals surface area contributed by atoms with Crippen LogP contribution in [0.5, 0.6) is 0 Å². The predicted molar refractivity (Wildman–Crippen MR) is 67.2 cm³/mol. The molecule has 0 spiro atoms. The van der Waals surface area contributed by atoms with E-state index in [4.69, 9.17) is 0 Å². The van der Waals surface area contributed by atoms with Crippen LogP contribution in [0.15, 0.2) is 11.4 Å². The highest BCUT2D eigenvalue weighted by atomic mass is 32.1. The van der Waals surface area contributed by atoms with Crippen LogP contribution in [0.2, 0.25) is 0 Å². The van der Waals surface area contributed by atoms with Gasteiger partial charge in [-0.1, -0.05) is 0 Å². The summed E-state index contributed by atoms with van der Waals surface area (Å²) in [4.78, 5) is 14.9. The van der Waals surface area contributed by atoms with E-state index < -0.39 is 0 Å². The van der Waals surface area contributed by atoms with Crippen LogP contribution in [-0.2, 0) is 0 Å². The lowest BCUT2D eigenvalue weighted by Crippen LogP contribution is -2.32. The Hall–Kier alpha value is -0.870. The topological polar surface area (TPSA) is 32.3 Å². The average Bonchev–Trinajstić information content (AvgIpc) is 3.03. The third kappa shape index (κ3) is 2.44. The number of thiophene rings is 1. The van der Waals surface area contributed by atoms with Crippen molar-refractivity contribution in [3.8, 4) is 0 Å². The van der Waals surface area contributed by atoms with Gasteiger partial charge in [0.15, 0.2) is 0 Å². The summed E-state index contributed by atoms with van der Waals surface area (Å²) in [7, 11) is 3.77. The molecule has 16 heavy (non-hydrogen) atoms. The Morgan fingerprint density at radius 3 is 3.00 bits per heavy atom. The summed E-state index contributed by atoms with van der Waals surface area (Å²) in [5.41, 5.74) is 1.27. The van der Waals surface area contributed by atoms with Gasteiger partial charge in [-0.25, -0.2) is 0 Å². The van der Waals surface area contributed by atoms with Gasteiger partial charge in [0, 0.05) is 20.1 Å². The molecule has 0 bridgehead atoms. The molecule has 0 aromatic carbocycles. The van der Waals surface area contributed by atoms with Gasteiger partial charge in [0.25, 0.3) is 5.91 Å². The monoisotopic (exact) mass is 238 g/mol. The van der Waals surface area contributed by atoms with E-state index in [1.54, 1.807) is 16.2 Å². The van der Waals surface area contributed by atoms with E-state index in [9.17, 15) is 4.79 Å². The van der Waals surface area contributed by atoms with Crippen LogP contribution in [0, 0.1) is 0 Å². The molecule has 1 aromatic rings. The first-order valence-electron chi connectivity index (χ1n) is 5.71. The van der Waals surface area contributed by atoms with Crippen molar-refractivity contribution in [2.75, 3.05) is 27.2 Å². The Morgan fingerprint density at radius 1 is 1.62 bits per heavy atom. The number of amides is 1. The molecule has 0 saturated heterocycles. The summed E-state index contributed by atoms with van der Waals surface area (Å²) in [5.74, 6) is 0.829. The molecular weight excluding hydrogens is 220 g/mol. The van der Waals surface area contributed by atoms with Crippen molar-refractivity contribution >= 4 is 17.2 Å². The second-order valence-electron chi connectivity index (χ2n) is 4.31. The van der Waals surface area contributed by atoms with E-state index in [1.165, 1.54) is 18.4 Å². The number of nitrogens with one attached hydrogen (secondary N) is 1. The highest BCUT2D eigenvalue weighted by Crippen LogP contribution is 2.43. The zero-order chi connectivity index (χ0) is 11.5. The third-order valence-electron chi connectivity index (χ3n) is 2.95. The van der Waals surface area contributed by atoms with E-state index in [-0.39, 0.29) is 5.91 Å². The Labute approximate surface area is 100 Å². The number of carbonyl (C=O) groups excluding carboxylic acids is 1. The summed E-state index contributed by atoms with van der Waals surface area (Å²) in [6.45, 7) is 1.60. The molecule has 0 aliphatic heterocycles. The normalized spacial score (nSPS) is 15.1. The van der Waals surface area contributed by atoms with Crippen molar-refractivity contribution in [2.45, 2.75) is 18.8 Å². The van der Waals surface area contributed by atoms with Gasteiger partial charge in [-0.15, -0.1) is 11.3 Å². The minimum atomic E-state index is 0.173. The summed E-state index contributed by atoms with van der Waals surface area (Å²) < 4.78 is 0. The first-order valence-corrected chi connectivity index (χ1v) is 6.59. The molecule has 1 N–H and O–H groups in total. The van der Waals surface area contributed by atoms with Crippen molar-refractivity contribution < 1.29 is 4.79 Å². The zero-order valence-corrected chi connectivity index (χ0v) is 10.6. The highest BCUT2D eigenvalue weighted by molar-refractivity contribution is 7.12. The van der Waals surface area contributed by atoms with Crippen LogP contribution < -0.4 is 5.32 Å². The molecule has 1 heterocycles. The van der Waals surface area contributed by atoms with Gasteiger partial charge in [0.1, 0.15) is 0 Å². The van der Waals surface area contributed by atoms with Gasteiger partial charge in [-0.3, -0.25) is 4.79 Å². The summed E-state index contributed by atoms with van der Waals surface area (Å²) in [5, 5.41) is 5.09. The molecule has 1 fully saturated rings. The molecule has 4 heteroatoms. The van der Waals surface area contributed by atoms with Crippen LogP contribution in [0.25, 0.3) is 0 Å². The molecule has 3 nitrogen and oxygen atoms in total. The van der Waals surface area contributed by atoms with E-state index in [2.05, 4.69) is 11.4 Å². The molecule has 1 saturated carbocycles. The smallest absolute Gasteiger partial charge is 0.263 e. The Kier molecular flexibility index (Phi) is 3.61. The van der Waals surface area contributed by atoms with Gasteiger partial charge in [0.2, 0.25) is 0 Å². The van der Waals surface area contributed by atoms with Crippen molar-refractivity contribution in [1.29, 1.82) is 0 Å². The Bertz CT molecular complexity index is 371. The molecule has 0 radical (unpaired) electrons. The van der Waals surface area contributed by atoms with E-state index >= 15 is 0 Å². The van der Waals surface area contributed by atoms with E-state index in [1.807, 2.05) is 19.5 Å². The zero-order valence-electron chi connectivity index (χ0n) is 9.82. The number of likely N-dealkylation sites (N-methyl/N-ethyl adjacent to an activating group) is 2. The fourth-order valence-electron chi connectivity index (χ4n) is 1.76. The number of hydrogen-bond donors (Lipinski definition) is 1. The van der Waals surface area contributed by atoms with Crippen LogP contribution >= 0.6 is 11.3 Å². The van der Waals surface area contributed by atoms with Crippen LogP contribution in [0.4, 0.5) is 0 Å². The molecule has 1 aliphatic carbocycles. The van der Waals surface area contributed by atoms with Crippen molar-refractivity contribution in [3.63, 3.8) is 0 Å². The molecule has 1 aliphatic rings. The van der Waals surface area contributed by atoms with Crippen LogP contribution in [0.1, 0.15) is 34.0 Å². The molecular formula is C12H18N2OS. The fraction of sp³-hybridized carbons (Fsp3) is 0.583. The second-order valence-corrected chi connectivity index (χ2v) is 5.23. The summed E-state index contributed by atoms with van der Waals surface area (Å²) in [6.07, 6.45) is 2.49. The summed E-state index contributed by atoms with van der Waals surface area (Å²) in [6, 6.07) is 2.11. The standard InChI is InChI=1S/C12H18N2OS/c1-13-6-7-14(2)12(15)11-10(5-8-16-11)9-3-4-9/h5,8-9,13H,3-4,6-7H2,1-2H3. The van der Waals surface area contributed by atoms with Crippen molar-refractivity contribution in [3.05, 3.63) is 21.9 Å². The average molecular weight is 238 g/mol. The van der Waals surface area contributed by atoms with Crippen LogP contribution in [0.3, 0.4) is 0 Å². The largest absolute Gasteiger partial charge is 0.340 e. The number of hydrogen-bond acceptors (Lipinski definition) is 3. The maximum absolute atomic E-state index is 12.2. The molecule has 0 unspecified atom stereocenters. The lowest BCUT2D eigenvalue weighted by molar-refractivity contribution is 0.0800. The van der Waals surface area contributed by atoms with Crippen molar-refractivity contribution in [2.24, 2.45) is 0 Å². The minimum absolute atomic E-state index is 0.173. The van der Waals surface area contributed by atoms with Crippen molar-refractivity contribution in [1.82, 2.24) is 10.2 Å². The minimum Gasteiger partial charge on any atom is -0.340 e. The second kappa shape index (κ2) is 4.97. The quantitative estimate of drug-likeness (QED) is 0.850. The lowest BCUT2D eigenvalue weighted by atomic mass is 10.1. The van der Waals surface area contributed by atoms with E-state index in [0.29, 0.717) is 5.92 Å². The predicted octanol–water partition coefficient (Wildman–Crippen LogP) is 1.92. The first kappa shape index (κ1) is 11.6. The van der Waals surface area contributed by atoms with Gasteiger partial charge in [-0.05, 0) is 42.8 Å². The summed E-state index contributed by atoms with van der Waals surface area (Å²) >= 11 is 1.58. The van der Waals surface area contributed by atoms with Crippen LogP contribution in [-0.4, -0.2) is 38.0 Å². The number of carbonyl (C=O) groups is 1. The maximum atomic E-state index is 12.2.